The molecule has 124 valence electrons. The molecule has 1 saturated heterocycles. The minimum Gasteiger partial charge on any atom is -0.410 e. The van der Waals surface area contributed by atoms with Crippen LogP contribution in [0.3, 0.4) is 0 Å². The monoisotopic (exact) mass is 323 g/mol. The number of benzene rings is 2. The number of nitrogens with one attached hydrogen (secondary N) is 2. The van der Waals surface area contributed by atoms with Crippen LogP contribution in [-0.4, -0.2) is 30.8 Å². The first-order valence-electron chi connectivity index (χ1n) is 8.26. The lowest BCUT2D eigenvalue weighted by molar-refractivity contribution is 0.215. The summed E-state index contributed by atoms with van der Waals surface area (Å²) in [5.74, 6) is 1.05. The minimum absolute atomic E-state index is 0.358. The number of anilines is 2. The number of rotatable bonds is 2. The van der Waals surface area contributed by atoms with Gasteiger partial charge in [0, 0.05) is 23.8 Å². The molecule has 2 heterocycles. The van der Waals surface area contributed by atoms with Crippen LogP contribution in [0.5, 0.6) is 5.75 Å². The standard InChI is InChI=1S/C19H21N3O2/c1-12-3-5-13(6-4-12)20-19(23)24-14-7-8-17-16(11-14)15-9-10-22(2)18(15)21-17/h3-8,11,15,18,21H,9-10H2,1-2H3,(H,20,23). The van der Waals surface area contributed by atoms with Crippen LogP contribution in [0.4, 0.5) is 16.2 Å². The van der Waals surface area contributed by atoms with Crippen LogP contribution < -0.4 is 15.4 Å². The van der Waals surface area contributed by atoms with Crippen LogP contribution in [0, 0.1) is 6.92 Å². The summed E-state index contributed by atoms with van der Waals surface area (Å²) in [6.45, 7) is 3.09. The van der Waals surface area contributed by atoms with Crippen molar-refractivity contribution in [2.75, 3.05) is 24.2 Å². The number of hydrogen-bond donors (Lipinski definition) is 2. The van der Waals surface area contributed by atoms with Crippen molar-refractivity contribution in [1.82, 2.24) is 4.90 Å². The second-order valence-corrected chi connectivity index (χ2v) is 6.59. The molecule has 2 aliphatic heterocycles. The van der Waals surface area contributed by atoms with E-state index in [0.29, 0.717) is 17.8 Å². The predicted octanol–water partition coefficient (Wildman–Crippen LogP) is 3.78. The Morgan fingerprint density at radius 2 is 2.04 bits per heavy atom. The van der Waals surface area contributed by atoms with E-state index in [2.05, 4.69) is 22.6 Å². The fourth-order valence-corrected chi connectivity index (χ4v) is 3.57. The number of aryl methyl sites for hydroxylation is 1. The normalized spacial score (nSPS) is 21.8. The molecule has 5 nitrogen and oxygen atoms in total. The number of likely N-dealkylation sites (N-methyl/N-ethyl adjacent to an activating group) is 1. The van der Waals surface area contributed by atoms with Crippen LogP contribution in [0.15, 0.2) is 42.5 Å². The van der Waals surface area contributed by atoms with Crippen LogP contribution >= 0.6 is 0 Å². The molecule has 2 N–H and O–H groups in total. The van der Waals surface area contributed by atoms with Crippen molar-refractivity contribution in [3.8, 4) is 5.75 Å². The van der Waals surface area contributed by atoms with Gasteiger partial charge in [0.25, 0.3) is 0 Å². The fraction of sp³-hybridized carbons (Fsp3) is 0.316. The summed E-state index contributed by atoms with van der Waals surface area (Å²) in [5.41, 5.74) is 4.26. The van der Waals surface area contributed by atoms with E-state index in [1.54, 1.807) is 0 Å². The van der Waals surface area contributed by atoms with E-state index >= 15 is 0 Å². The number of amides is 1. The highest BCUT2D eigenvalue weighted by molar-refractivity contribution is 5.86. The number of nitrogens with zero attached hydrogens (tertiary/aromatic N) is 1. The molecule has 4 rings (SSSR count). The van der Waals surface area contributed by atoms with E-state index in [4.69, 9.17) is 4.74 Å². The van der Waals surface area contributed by atoms with E-state index in [0.717, 1.165) is 29.9 Å². The molecule has 0 spiro atoms. The highest BCUT2D eigenvalue weighted by Gasteiger charge is 2.39. The van der Waals surface area contributed by atoms with Gasteiger partial charge in [0.15, 0.2) is 0 Å². The maximum absolute atomic E-state index is 12.1. The fourth-order valence-electron chi connectivity index (χ4n) is 3.57. The first-order valence-corrected chi connectivity index (χ1v) is 8.26. The Hall–Kier alpha value is -2.53. The minimum atomic E-state index is -0.468. The van der Waals surface area contributed by atoms with Gasteiger partial charge in [-0.15, -0.1) is 0 Å². The summed E-state index contributed by atoms with van der Waals surface area (Å²) in [7, 11) is 2.13. The van der Waals surface area contributed by atoms with Gasteiger partial charge in [0.2, 0.25) is 0 Å². The van der Waals surface area contributed by atoms with Crippen molar-refractivity contribution in [2.45, 2.75) is 25.4 Å². The predicted molar refractivity (Wildman–Crippen MR) is 94.7 cm³/mol. The molecular formula is C19H21N3O2. The Morgan fingerprint density at radius 3 is 2.83 bits per heavy atom. The third-order valence-corrected chi connectivity index (χ3v) is 4.88. The smallest absolute Gasteiger partial charge is 0.410 e. The maximum atomic E-state index is 12.1. The van der Waals surface area contributed by atoms with Gasteiger partial charge >= 0.3 is 6.09 Å². The molecule has 2 atom stereocenters. The second kappa shape index (κ2) is 5.83. The number of likely N-dealkylation sites (tertiary alicyclic amines) is 1. The Bertz CT molecular complexity index is 773. The summed E-state index contributed by atoms with van der Waals surface area (Å²) < 4.78 is 5.46. The molecule has 0 saturated carbocycles. The molecule has 0 bridgehead atoms. The maximum Gasteiger partial charge on any atom is 0.417 e. The van der Waals surface area contributed by atoms with E-state index in [1.807, 2.05) is 49.4 Å². The van der Waals surface area contributed by atoms with Gasteiger partial charge in [-0.1, -0.05) is 17.7 Å². The summed E-state index contributed by atoms with van der Waals surface area (Å²) >= 11 is 0. The van der Waals surface area contributed by atoms with Crippen molar-refractivity contribution in [2.24, 2.45) is 0 Å². The Kier molecular flexibility index (Phi) is 3.65. The highest BCUT2D eigenvalue weighted by atomic mass is 16.6. The molecule has 2 aromatic carbocycles. The van der Waals surface area contributed by atoms with E-state index in [9.17, 15) is 4.79 Å². The summed E-state index contributed by atoms with van der Waals surface area (Å²) in [6.07, 6.45) is 1.02. The lowest BCUT2D eigenvalue weighted by atomic mass is 9.98. The van der Waals surface area contributed by atoms with Crippen molar-refractivity contribution < 1.29 is 9.53 Å². The lowest BCUT2D eigenvalue weighted by Gasteiger charge is -2.18. The van der Waals surface area contributed by atoms with Gasteiger partial charge in [-0.3, -0.25) is 10.2 Å². The highest BCUT2D eigenvalue weighted by Crippen LogP contribution is 2.44. The SMILES string of the molecule is Cc1ccc(NC(=O)Oc2ccc3c(c2)C2CCN(C)C2N3)cc1. The van der Waals surface area contributed by atoms with Crippen molar-refractivity contribution in [1.29, 1.82) is 0 Å². The first kappa shape index (κ1) is 15.0. The zero-order valence-electron chi connectivity index (χ0n) is 13.9. The Morgan fingerprint density at radius 1 is 1.25 bits per heavy atom. The van der Waals surface area contributed by atoms with Crippen molar-refractivity contribution in [3.05, 3.63) is 53.6 Å². The zero-order valence-corrected chi connectivity index (χ0v) is 13.9. The van der Waals surface area contributed by atoms with Crippen LogP contribution in [0.2, 0.25) is 0 Å². The van der Waals surface area contributed by atoms with Gasteiger partial charge in [-0.2, -0.15) is 0 Å². The lowest BCUT2D eigenvalue weighted by Crippen LogP contribution is -2.31. The molecule has 0 aliphatic carbocycles. The second-order valence-electron chi connectivity index (χ2n) is 6.59. The summed E-state index contributed by atoms with van der Waals surface area (Å²) in [6, 6.07) is 13.4. The third kappa shape index (κ3) is 2.71. The topological polar surface area (TPSA) is 53.6 Å². The average molecular weight is 323 g/mol. The molecule has 5 heteroatoms. The molecule has 0 radical (unpaired) electrons. The molecule has 2 aromatic rings. The molecule has 24 heavy (non-hydrogen) atoms. The van der Waals surface area contributed by atoms with E-state index < -0.39 is 6.09 Å². The van der Waals surface area contributed by atoms with Crippen LogP contribution in [0.25, 0.3) is 0 Å². The van der Waals surface area contributed by atoms with Crippen molar-refractivity contribution in [3.63, 3.8) is 0 Å². The summed E-state index contributed by atoms with van der Waals surface area (Å²) in [5, 5.41) is 6.30. The van der Waals surface area contributed by atoms with Crippen LogP contribution in [-0.2, 0) is 0 Å². The third-order valence-electron chi connectivity index (χ3n) is 4.88. The van der Waals surface area contributed by atoms with Gasteiger partial charge in [0.05, 0.1) is 6.17 Å². The zero-order chi connectivity index (χ0) is 16.7. The van der Waals surface area contributed by atoms with Gasteiger partial charge < -0.3 is 10.1 Å². The van der Waals surface area contributed by atoms with Gasteiger partial charge in [-0.05, 0) is 56.3 Å². The average Bonchev–Trinajstić information content (AvgIpc) is 3.10. The number of fused-ring (bicyclic) bond motifs is 3. The van der Waals surface area contributed by atoms with Crippen LogP contribution in [0.1, 0.15) is 23.5 Å². The summed E-state index contributed by atoms with van der Waals surface area (Å²) in [4.78, 5) is 14.4. The first-order chi connectivity index (χ1) is 11.6. The number of carbonyl (C=O) groups excluding carboxylic acids is 1. The molecular weight excluding hydrogens is 302 g/mol. The van der Waals surface area contributed by atoms with Crippen molar-refractivity contribution >= 4 is 17.5 Å². The Labute approximate surface area is 141 Å². The number of carbonyl (C=O) groups is 1. The largest absolute Gasteiger partial charge is 0.417 e. The molecule has 2 unspecified atom stereocenters. The van der Waals surface area contributed by atoms with E-state index in [1.165, 1.54) is 5.56 Å². The number of ether oxygens (including phenoxy) is 1. The molecule has 0 aromatic heterocycles. The molecule has 1 amide bonds. The number of hydrogen-bond acceptors (Lipinski definition) is 4. The molecule has 2 aliphatic rings. The van der Waals surface area contributed by atoms with Gasteiger partial charge in [0.1, 0.15) is 5.75 Å². The van der Waals surface area contributed by atoms with Gasteiger partial charge in [-0.25, -0.2) is 4.79 Å². The molecule has 1 fully saturated rings. The van der Waals surface area contributed by atoms with E-state index in [-0.39, 0.29) is 0 Å². The quantitative estimate of drug-likeness (QED) is 0.883. The Balaban J connectivity index is 1.46.